The minimum atomic E-state index is -4.05. The summed E-state index contributed by atoms with van der Waals surface area (Å²) in [5, 5.41) is 11.1. The summed E-state index contributed by atoms with van der Waals surface area (Å²) in [6.45, 7) is -0.0631. The molecule has 116 valence electrons. The highest BCUT2D eigenvalue weighted by Gasteiger charge is 2.26. The van der Waals surface area contributed by atoms with Crippen LogP contribution in [0.25, 0.3) is 0 Å². The SMILES string of the molecule is COc1ccc(S(=O)(=O)NCc2ccccn2)c([N+](=O)[O-])c1. The third kappa shape index (κ3) is 3.57. The van der Waals surface area contributed by atoms with Crippen molar-refractivity contribution in [2.45, 2.75) is 11.4 Å². The number of hydrogen-bond acceptors (Lipinski definition) is 6. The van der Waals surface area contributed by atoms with Crippen LogP contribution in [0.5, 0.6) is 5.75 Å². The lowest BCUT2D eigenvalue weighted by Gasteiger charge is -2.08. The van der Waals surface area contributed by atoms with Crippen LogP contribution in [-0.2, 0) is 16.6 Å². The van der Waals surface area contributed by atoms with E-state index in [0.717, 1.165) is 12.1 Å². The Bertz CT molecular complexity index is 778. The summed E-state index contributed by atoms with van der Waals surface area (Å²) in [7, 11) is -2.71. The van der Waals surface area contributed by atoms with Gasteiger partial charge >= 0.3 is 0 Å². The molecular formula is C13H13N3O5S. The van der Waals surface area contributed by atoms with E-state index in [1.54, 1.807) is 18.2 Å². The van der Waals surface area contributed by atoms with Crippen molar-refractivity contribution in [3.63, 3.8) is 0 Å². The third-order valence-corrected chi connectivity index (χ3v) is 4.27. The number of sulfonamides is 1. The number of nitro groups is 1. The van der Waals surface area contributed by atoms with E-state index in [1.807, 2.05) is 0 Å². The fourth-order valence-corrected chi connectivity index (χ4v) is 2.89. The average molecular weight is 323 g/mol. The molecule has 22 heavy (non-hydrogen) atoms. The van der Waals surface area contributed by atoms with Gasteiger partial charge in [-0.1, -0.05) is 6.07 Å². The number of nitrogens with one attached hydrogen (secondary N) is 1. The molecule has 0 radical (unpaired) electrons. The molecule has 1 aromatic heterocycles. The van der Waals surface area contributed by atoms with Crippen LogP contribution in [0.4, 0.5) is 5.69 Å². The van der Waals surface area contributed by atoms with Crippen molar-refractivity contribution in [3.8, 4) is 5.75 Å². The normalized spacial score (nSPS) is 11.1. The molecule has 0 aliphatic rings. The van der Waals surface area contributed by atoms with Crippen LogP contribution in [0.3, 0.4) is 0 Å². The Morgan fingerprint density at radius 1 is 1.32 bits per heavy atom. The van der Waals surface area contributed by atoms with Gasteiger partial charge in [0, 0.05) is 6.20 Å². The van der Waals surface area contributed by atoms with Crippen molar-refractivity contribution in [3.05, 3.63) is 58.4 Å². The maximum Gasteiger partial charge on any atom is 0.293 e. The van der Waals surface area contributed by atoms with Crippen LogP contribution in [0.2, 0.25) is 0 Å². The van der Waals surface area contributed by atoms with Gasteiger partial charge in [-0.3, -0.25) is 15.1 Å². The van der Waals surface area contributed by atoms with Crippen LogP contribution in [0.15, 0.2) is 47.5 Å². The monoisotopic (exact) mass is 323 g/mol. The highest BCUT2D eigenvalue weighted by atomic mass is 32.2. The Balaban J connectivity index is 2.31. The molecule has 0 atom stereocenters. The highest BCUT2D eigenvalue weighted by Crippen LogP contribution is 2.28. The minimum absolute atomic E-state index is 0.0631. The van der Waals surface area contributed by atoms with E-state index < -0.39 is 25.5 Å². The number of aromatic nitrogens is 1. The summed E-state index contributed by atoms with van der Waals surface area (Å²) in [5.41, 5.74) is -0.0462. The standard InChI is InChI=1S/C13H13N3O5S/c1-21-11-5-6-13(12(8-11)16(17)18)22(19,20)15-9-10-4-2-3-7-14-10/h2-8,15H,9H2,1H3. The van der Waals surface area contributed by atoms with Crippen LogP contribution >= 0.6 is 0 Å². The molecule has 2 rings (SSSR count). The summed E-state index contributed by atoms with van der Waals surface area (Å²) in [6.07, 6.45) is 1.53. The lowest BCUT2D eigenvalue weighted by atomic mass is 10.3. The number of ether oxygens (including phenoxy) is 1. The first kappa shape index (κ1) is 15.9. The zero-order chi connectivity index (χ0) is 16.2. The smallest absolute Gasteiger partial charge is 0.293 e. The molecule has 0 aliphatic heterocycles. The highest BCUT2D eigenvalue weighted by molar-refractivity contribution is 7.89. The number of nitro benzene ring substituents is 1. The van der Waals surface area contributed by atoms with E-state index in [-0.39, 0.29) is 12.3 Å². The molecule has 0 bridgehead atoms. The molecule has 0 amide bonds. The van der Waals surface area contributed by atoms with Gasteiger partial charge < -0.3 is 4.74 Å². The Morgan fingerprint density at radius 2 is 2.09 bits per heavy atom. The van der Waals surface area contributed by atoms with Crippen LogP contribution < -0.4 is 9.46 Å². The van der Waals surface area contributed by atoms with Crippen molar-refractivity contribution >= 4 is 15.7 Å². The summed E-state index contributed by atoms with van der Waals surface area (Å²) in [5.74, 6) is 0.204. The Kier molecular flexibility index (Phi) is 4.68. The lowest BCUT2D eigenvalue weighted by molar-refractivity contribution is -0.387. The van der Waals surface area contributed by atoms with E-state index in [1.165, 1.54) is 19.4 Å². The molecule has 1 heterocycles. The zero-order valence-corrected chi connectivity index (χ0v) is 12.4. The van der Waals surface area contributed by atoms with Gasteiger partial charge in [0.1, 0.15) is 5.75 Å². The van der Waals surface area contributed by atoms with Crippen molar-refractivity contribution in [1.29, 1.82) is 0 Å². The summed E-state index contributed by atoms with van der Waals surface area (Å²) in [4.78, 5) is 13.8. The van der Waals surface area contributed by atoms with Gasteiger partial charge in [0.25, 0.3) is 5.69 Å². The zero-order valence-electron chi connectivity index (χ0n) is 11.6. The fourth-order valence-electron chi connectivity index (χ4n) is 1.74. The van der Waals surface area contributed by atoms with Crippen LogP contribution in [0, 0.1) is 10.1 Å². The first-order chi connectivity index (χ1) is 10.4. The summed E-state index contributed by atoms with van der Waals surface area (Å²) < 4.78 is 31.7. The van der Waals surface area contributed by atoms with Gasteiger partial charge in [-0.2, -0.15) is 0 Å². The third-order valence-electron chi connectivity index (χ3n) is 2.82. The molecule has 9 heteroatoms. The summed E-state index contributed by atoms with van der Waals surface area (Å²) >= 11 is 0. The maximum absolute atomic E-state index is 12.2. The number of pyridine rings is 1. The summed E-state index contributed by atoms with van der Waals surface area (Å²) in [6, 6.07) is 8.61. The van der Waals surface area contributed by atoms with E-state index in [4.69, 9.17) is 4.74 Å². The van der Waals surface area contributed by atoms with Crippen LogP contribution in [-0.4, -0.2) is 25.4 Å². The average Bonchev–Trinajstić information content (AvgIpc) is 2.53. The van der Waals surface area contributed by atoms with E-state index >= 15 is 0 Å². The van der Waals surface area contributed by atoms with Gasteiger partial charge in [0.05, 0.1) is 30.3 Å². The van der Waals surface area contributed by atoms with Crippen molar-refractivity contribution in [2.24, 2.45) is 0 Å². The van der Waals surface area contributed by atoms with Gasteiger partial charge in [-0.25, -0.2) is 13.1 Å². The minimum Gasteiger partial charge on any atom is -0.497 e. The van der Waals surface area contributed by atoms with Gasteiger partial charge in [0.2, 0.25) is 10.0 Å². The predicted octanol–water partition coefficient (Wildman–Crippen LogP) is 1.48. The molecule has 0 aliphatic carbocycles. The lowest BCUT2D eigenvalue weighted by Crippen LogP contribution is -2.24. The molecular weight excluding hydrogens is 310 g/mol. The number of benzene rings is 1. The predicted molar refractivity (Wildman–Crippen MR) is 77.9 cm³/mol. The molecule has 0 unspecified atom stereocenters. The Labute approximate surface area is 127 Å². The van der Waals surface area contributed by atoms with Gasteiger partial charge in [-0.15, -0.1) is 0 Å². The number of hydrogen-bond donors (Lipinski definition) is 1. The maximum atomic E-state index is 12.2. The molecule has 1 aromatic carbocycles. The molecule has 1 N–H and O–H groups in total. The molecule has 0 fully saturated rings. The second kappa shape index (κ2) is 6.50. The van der Waals surface area contributed by atoms with E-state index in [2.05, 4.69) is 9.71 Å². The molecule has 8 nitrogen and oxygen atoms in total. The largest absolute Gasteiger partial charge is 0.497 e. The number of rotatable bonds is 6. The topological polar surface area (TPSA) is 111 Å². The first-order valence-corrected chi connectivity index (χ1v) is 7.64. The van der Waals surface area contributed by atoms with Crippen molar-refractivity contribution in [1.82, 2.24) is 9.71 Å². The molecule has 2 aromatic rings. The fraction of sp³-hybridized carbons (Fsp3) is 0.154. The quantitative estimate of drug-likeness (QED) is 0.636. The second-order valence-corrected chi connectivity index (χ2v) is 5.97. The molecule has 0 saturated carbocycles. The first-order valence-electron chi connectivity index (χ1n) is 6.16. The second-order valence-electron chi connectivity index (χ2n) is 4.24. The van der Waals surface area contributed by atoms with Crippen LogP contribution in [0.1, 0.15) is 5.69 Å². The number of nitrogens with zero attached hydrogens (tertiary/aromatic N) is 2. The van der Waals surface area contributed by atoms with Crippen molar-refractivity contribution < 1.29 is 18.1 Å². The molecule has 0 saturated heterocycles. The van der Waals surface area contributed by atoms with E-state index in [9.17, 15) is 18.5 Å². The Morgan fingerprint density at radius 3 is 2.68 bits per heavy atom. The van der Waals surface area contributed by atoms with Gasteiger partial charge in [-0.05, 0) is 24.3 Å². The Hall–Kier alpha value is -2.52. The van der Waals surface area contributed by atoms with Gasteiger partial charge in [0.15, 0.2) is 4.90 Å². The van der Waals surface area contributed by atoms with Crippen molar-refractivity contribution in [2.75, 3.05) is 7.11 Å². The molecule has 0 spiro atoms. The van der Waals surface area contributed by atoms with E-state index in [0.29, 0.717) is 5.69 Å². The number of methoxy groups -OCH3 is 1.